The maximum atomic E-state index is 12.9. The van der Waals surface area contributed by atoms with E-state index in [9.17, 15) is 19.5 Å². The van der Waals surface area contributed by atoms with Gasteiger partial charge in [0.25, 0.3) is 0 Å². The van der Waals surface area contributed by atoms with E-state index in [4.69, 9.17) is 4.74 Å². The van der Waals surface area contributed by atoms with Crippen LogP contribution >= 0.6 is 0 Å². The average molecular weight is 437 g/mol. The lowest BCUT2D eigenvalue weighted by Crippen LogP contribution is -2.48. The number of carbonyl (C=O) groups is 3. The van der Waals surface area contributed by atoms with Crippen LogP contribution in [0.1, 0.15) is 43.7 Å². The topological polar surface area (TPSA) is 95.9 Å². The molecule has 0 bridgehead atoms. The third-order valence-corrected chi connectivity index (χ3v) is 6.64. The highest BCUT2D eigenvalue weighted by Gasteiger charge is 2.43. The summed E-state index contributed by atoms with van der Waals surface area (Å²) in [6.45, 7) is 4.13. The molecule has 2 atom stereocenters. The van der Waals surface area contributed by atoms with Gasteiger partial charge in [0.15, 0.2) is 0 Å². The first kappa shape index (κ1) is 21.9. The van der Waals surface area contributed by atoms with Gasteiger partial charge in [-0.25, -0.2) is 4.79 Å². The predicted molar refractivity (Wildman–Crippen MR) is 119 cm³/mol. The molecule has 2 aromatic carbocycles. The predicted octanol–water partition coefficient (Wildman–Crippen LogP) is 3.63. The van der Waals surface area contributed by atoms with Crippen molar-refractivity contribution in [2.75, 3.05) is 19.7 Å². The lowest BCUT2D eigenvalue weighted by atomic mass is 9.90. The number of benzene rings is 2. The summed E-state index contributed by atoms with van der Waals surface area (Å²) in [4.78, 5) is 38.4. The zero-order valence-electron chi connectivity index (χ0n) is 18.3. The Kier molecular flexibility index (Phi) is 5.91. The lowest BCUT2D eigenvalue weighted by Gasteiger charge is -2.25. The molecule has 0 saturated carbocycles. The number of carboxylic acid groups (broad SMARTS) is 1. The van der Waals surface area contributed by atoms with Crippen molar-refractivity contribution in [2.24, 2.45) is 5.41 Å². The summed E-state index contributed by atoms with van der Waals surface area (Å²) in [5, 5.41) is 12.1. The number of carbonyl (C=O) groups excluding carboxylic acids is 2. The number of nitrogens with zero attached hydrogens (tertiary/aromatic N) is 1. The van der Waals surface area contributed by atoms with Crippen molar-refractivity contribution < 1.29 is 24.2 Å². The second kappa shape index (κ2) is 8.65. The molecule has 1 aliphatic heterocycles. The van der Waals surface area contributed by atoms with E-state index in [1.165, 1.54) is 4.90 Å². The highest BCUT2D eigenvalue weighted by atomic mass is 16.5. The summed E-state index contributed by atoms with van der Waals surface area (Å²) in [6, 6.07) is 15.4. The van der Waals surface area contributed by atoms with Gasteiger partial charge < -0.3 is 20.1 Å². The SMILES string of the molecule is CC[C@@H](NC(=O)OCC1c2ccccc2-c2ccccc21)C(=O)N1CCC(C)(C(=O)O)C1. The number of amides is 2. The fourth-order valence-electron chi connectivity index (χ4n) is 4.66. The van der Waals surface area contributed by atoms with Crippen molar-refractivity contribution in [3.8, 4) is 11.1 Å². The van der Waals surface area contributed by atoms with Gasteiger partial charge in [0.2, 0.25) is 5.91 Å². The van der Waals surface area contributed by atoms with E-state index < -0.39 is 23.5 Å². The summed E-state index contributed by atoms with van der Waals surface area (Å²) in [5.74, 6) is -1.24. The van der Waals surface area contributed by atoms with E-state index in [-0.39, 0.29) is 25.0 Å². The van der Waals surface area contributed by atoms with Crippen LogP contribution in [0.2, 0.25) is 0 Å². The largest absolute Gasteiger partial charge is 0.481 e. The number of likely N-dealkylation sites (tertiary alicyclic amines) is 1. The molecule has 0 aromatic heterocycles. The minimum absolute atomic E-state index is 0.0567. The molecule has 168 valence electrons. The van der Waals surface area contributed by atoms with E-state index in [1.54, 1.807) is 13.8 Å². The fourth-order valence-corrected chi connectivity index (χ4v) is 4.66. The van der Waals surface area contributed by atoms with Gasteiger partial charge >= 0.3 is 12.1 Å². The Labute approximate surface area is 187 Å². The Balaban J connectivity index is 1.38. The van der Waals surface area contributed by atoms with Crippen LogP contribution in [0.5, 0.6) is 0 Å². The van der Waals surface area contributed by atoms with Crippen LogP contribution in [0.25, 0.3) is 11.1 Å². The average Bonchev–Trinajstić information content (AvgIpc) is 3.35. The van der Waals surface area contributed by atoms with Gasteiger partial charge in [-0.05, 0) is 42.0 Å². The monoisotopic (exact) mass is 436 g/mol. The van der Waals surface area contributed by atoms with Gasteiger partial charge in [-0.15, -0.1) is 0 Å². The van der Waals surface area contributed by atoms with Crippen molar-refractivity contribution >= 4 is 18.0 Å². The summed E-state index contributed by atoms with van der Waals surface area (Å²) in [5.41, 5.74) is 3.59. The summed E-state index contributed by atoms with van der Waals surface area (Å²) in [7, 11) is 0. The molecule has 1 saturated heterocycles. The number of rotatable bonds is 6. The minimum atomic E-state index is -0.947. The molecule has 2 amide bonds. The molecule has 7 heteroatoms. The van der Waals surface area contributed by atoms with Crippen molar-refractivity contribution in [1.29, 1.82) is 0 Å². The third-order valence-electron chi connectivity index (χ3n) is 6.64. The number of hydrogen-bond acceptors (Lipinski definition) is 4. The molecule has 2 aromatic rings. The fraction of sp³-hybridized carbons (Fsp3) is 0.400. The van der Waals surface area contributed by atoms with Crippen LogP contribution in [0, 0.1) is 5.41 Å². The summed E-state index contributed by atoms with van der Waals surface area (Å²) >= 11 is 0. The highest BCUT2D eigenvalue weighted by Crippen LogP contribution is 2.44. The third kappa shape index (κ3) is 3.95. The molecule has 32 heavy (non-hydrogen) atoms. The Morgan fingerprint density at radius 3 is 2.25 bits per heavy atom. The molecular weight excluding hydrogens is 408 g/mol. The molecule has 1 aliphatic carbocycles. The summed E-state index contributed by atoms with van der Waals surface area (Å²) in [6.07, 6.45) is 0.144. The maximum Gasteiger partial charge on any atom is 0.407 e. The molecule has 0 spiro atoms. The molecule has 2 N–H and O–H groups in total. The van der Waals surface area contributed by atoms with Crippen molar-refractivity contribution in [2.45, 2.75) is 38.6 Å². The normalized spacial score (nSPS) is 20.4. The van der Waals surface area contributed by atoms with Crippen LogP contribution in [0.3, 0.4) is 0 Å². The molecule has 2 aliphatic rings. The zero-order valence-corrected chi connectivity index (χ0v) is 18.3. The van der Waals surface area contributed by atoms with Gasteiger partial charge in [-0.1, -0.05) is 55.5 Å². The van der Waals surface area contributed by atoms with Gasteiger partial charge in [-0.2, -0.15) is 0 Å². The zero-order chi connectivity index (χ0) is 22.9. The second-order valence-electron chi connectivity index (χ2n) is 8.81. The minimum Gasteiger partial charge on any atom is -0.481 e. The number of nitrogens with one attached hydrogen (secondary N) is 1. The standard InChI is InChI=1S/C25H28N2O5/c1-3-21(22(28)27-13-12-25(2,15-27)23(29)30)26-24(31)32-14-20-18-10-6-4-8-16(18)17-9-5-7-11-19(17)20/h4-11,20-21H,3,12-15H2,1-2H3,(H,26,31)(H,29,30)/t21-,25?/m1/s1. The number of carboxylic acids is 1. The lowest BCUT2D eigenvalue weighted by molar-refractivity contribution is -0.147. The Morgan fingerprint density at radius 1 is 1.12 bits per heavy atom. The second-order valence-corrected chi connectivity index (χ2v) is 8.81. The van der Waals surface area contributed by atoms with Crippen molar-refractivity contribution in [1.82, 2.24) is 10.2 Å². The van der Waals surface area contributed by atoms with E-state index in [0.717, 1.165) is 22.3 Å². The molecule has 4 rings (SSSR count). The van der Waals surface area contributed by atoms with Crippen LogP contribution < -0.4 is 5.32 Å². The Morgan fingerprint density at radius 2 is 1.72 bits per heavy atom. The number of hydrogen-bond donors (Lipinski definition) is 2. The van der Waals surface area contributed by atoms with Crippen molar-refractivity contribution in [3.63, 3.8) is 0 Å². The van der Waals surface area contributed by atoms with Gasteiger partial charge in [0, 0.05) is 19.0 Å². The van der Waals surface area contributed by atoms with Gasteiger partial charge in [0.05, 0.1) is 5.41 Å². The van der Waals surface area contributed by atoms with E-state index >= 15 is 0 Å². The van der Waals surface area contributed by atoms with E-state index in [2.05, 4.69) is 17.4 Å². The highest BCUT2D eigenvalue weighted by molar-refractivity contribution is 5.87. The first-order chi connectivity index (χ1) is 15.3. The van der Waals surface area contributed by atoms with E-state index in [0.29, 0.717) is 19.4 Å². The summed E-state index contributed by atoms with van der Waals surface area (Å²) < 4.78 is 5.55. The van der Waals surface area contributed by atoms with Gasteiger partial charge in [0.1, 0.15) is 12.6 Å². The first-order valence-electron chi connectivity index (χ1n) is 11.0. The van der Waals surface area contributed by atoms with Crippen LogP contribution in [-0.2, 0) is 14.3 Å². The maximum absolute atomic E-state index is 12.9. The van der Waals surface area contributed by atoms with Crippen LogP contribution in [0.4, 0.5) is 4.79 Å². The van der Waals surface area contributed by atoms with E-state index in [1.807, 2.05) is 36.4 Å². The number of fused-ring (bicyclic) bond motifs is 3. The van der Waals surface area contributed by atoms with Crippen LogP contribution in [-0.4, -0.2) is 53.7 Å². The van der Waals surface area contributed by atoms with Crippen molar-refractivity contribution in [3.05, 3.63) is 59.7 Å². The smallest absolute Gasteiger partial charge is 0.407 e. The Hall–Kier alpha value is -3.35. The molecule has 1 unspecified atom stereocenters. The number of alkyl carbamates (subject to hydrolysis) is 1. The molecule has 1 fully saturated rings. The van der Waals surface area contributed by atoms with Crippen LogP contribution in [0.15, 0.2) is 48.5 Å². The number of ether oxygens (including phenoxy) is 1. The number of aliphatic carboxylic acids is 1. The van der Waals surface area contributed by atoms with Gasteiger partial charge in [-0.3, -0.25) is 9.59 Å². The quantitative estimate of drug-likeness (QED) is 0.721. The molecule has 7 nitrogen and oxygen atoms in total. The molecular formula is C25H28N2O5. The molecule has 1 heterocycles. The molecule has 0 radical (unpaired) electrons. The Bertz CT molecular complexity index is 1010. The first-order valence-corrected chi connectivity index (χ1v) is 11.0.